The van der Waals surface area contributed by atoms with Gasteiger partial charge in [-0.05, 0) is 48.0 Å². The summed E-state index contributed by atoms with van der Waals surface area (Å²) >= 11 is 0. The molecule has 7 heteroatoms. The van der Waals surface area contributed by atoms with Gasteiger partial charge in [-0.1, -0.05) is 30.3 Å². The van der Waals surface area contributed by atoms with Gasteiger partial charge in [0.05, 0.1) is 4.90 Å². The first-order valence-corrected chi connectivity index (χ1v) is 9.61. The molecule has 0 fully saturated rings. The van der Waals surface area contributed by atoms with Crippen LogP contribution in [-0.4, -0.2) is 19.5 Å². The van der Waals surface area contributed by atoms with Crippen molar-refractivity contribution < 1.29 is 22.7 Å². The van der Waals surface area contributed by atoms with Crippen LogP contribution >= 0.6 is 0 Å². The lowest BCUT2D eigenvalue weighted by molar-refractivity contribution is 0.0697. The molecule has 0 unspecified atom stereocenters. The fourth-order valence-corrected chi connectivity index (χ4v) is 4.18. The van der Waals surface area contributed by atoms with Crippen molar-refractivity contribution in [2.75, 3.05) is 4.72 Å². The van der Waals surface area contributed by atoms with Crippen LogP contribution in [0.25, 0.3) is 21.7 Å². The number of furan rings is 1. The summed E-state index contributed by atoms with van der Waals surface area (Å²) in [6, 6.07) is 16.9. The quantitative estimate of drug-likeness (QED) is 0.546. The van der Waals surface area contributed by atoms with Crippen LogP contribution in [0.2, 0.25) is 0 Å². The second-order valence-corrected chi connectivity index (χ2v) is 7.85. The maximum absolute atomic E-state index is 12.8. The number of benzene rings is 3. The molecule has 0 bridgehead atoms. The van der Waals surface area contributed by atoms with E-state index in [1.54, 1.807) is 25.1 Å². The van der Waals surface area contributed by atoms with E-state index in [4.69, 9.17) is 4.42 Å². The smallest absolute Gasteiger partial charge is 0.339 e. The summed E-state index contributed by atoms with van der Waals surface area (Å²) < 4.78 is 33.4. The van der Waals surface area contributed by atoms with Gasteiger partial charge in [0.15, 0.2) is 0 Å². The molecular formula is C20H15NO5S. The van der Waals surface area contributed by atoms with Gasteiger partial charge < -0.3 is 9.52 Å². The predicted molar refractivity (Wildman–Crippen MR) is 103 cm³/mol. The zero-order chi connectivity index (χ0) is 19.2. The molecule has 0 aliphatic heterocycles. The highest BCUT2D eigenvalue weighted by molar-refractivity contribution is 7.92. The molecule has 0 amide bonds. The molecule has 4 rings (SSSR count). The fourth-order valence-electron chi connectivity index (χ4n) is 3.10. The molecule has 0 aliphatic rings. The highest BCUT2D eigenvalue weighted by atomic mass is 32.2. The third kappa shape index (κ3) is 3.02. The first-order chi connectivity index (χ1) is 12.8. The molecule has 0 radical (unpaired) electrons. The molecule has 1 heterocycles. The highest BCUT2D eigenvalue weighted by Gasteiger charge is 2.19. The number of carboxylic acid groups (broad SMARTS) is 1. The Morgan fingerprint density at radius 1 is 1.00 bits per heavy atom. The Kier molecular flexibility index (Phi) is 3.89. The SMILES string of the molecule is Cc1oc2ccc(NS(=O)(=O)c3ccc4ccccc4c3)cc2c1C(=O)O. The number of anilines is 1. The van der Waals surface area contributed by atoms with Crippen molar-refractivity contribution in [3.8, 4) is 0 Å². The van der Waals surface area contributed by atoms with Crippen LogP contribution in [0.5, 0.6) is 0 Å². The fraction of sp³-hybridized carbons (Fsp3) is 0.0500. The predicted octanol–water partition coefficient (Wildman–Crippen LogP) is 4.39. The number of carboxylic acids is 1. The van der Waals surface area contributed by atoms with Gasteiger partial charge >= 0.3 is 5.97 Å². The molecular weight excluding hydrogens is 366 g/mol. The van der Waals surface area contributed by atoms with E-state index < -0.39 is 16.0 Å². The Morgan fingerprint density at radius 3 is 2.48 bits per heavy atom. The van der Waals surface area contributed by atoms with Crippen LogP contribution in [0.3, 0.4) is 0 Å². The van der Waals surface area contributed by atoms with E-state index in [-0.39, 0.29) is 21.9 Å². The molecule has 0 atom stereocenters. The van der Waals surface area contributed by atoms with Gasteiger partial charge in [0.25, 0.3) is 10.0 Å². The Balaban J connectivity index is 1.75. The van der Waals surface area contributed by atoms with Gasteiger partial charge in [0.1, 0.15) is 16.9 Å². The molecule has 6 nitrogen and oxygen atoms in total. The number of aromatic carboxylic acids is 1. The van der Waals surface area contributed by atoms with Gasteiger partial charge in [0.2, 0.25) is 0 Å². The Morgan fingerprint density at radius 2 is 1.74 bits per heavy atom. The number of nitrogens with one attached hydrogen (secondary N) is 1. The zero-order valence-electron chi connectivity index (χ0n) is 14.3. The molecule has 0 spiro atoms. The summed E-state index contributed by atoms with van der Waals surface area (Å²) in [4.78, 5) is 11.6. The lowest BCUT2D eigenvalue weighted by Crippen LogP contribution is -2.12. The summed E-state index contributed by atoms with van der Waals surface area (Å²) in [6.45, 7) is 1.56. The minimum absolute atomic E-state index is 0.0248. The normalized spacial score (nSPS) is 11.7. The number of carbonyl (C=O) groups is 1. The van der Waals surface area contributed by atoms with Crippen LogP contribution in [-0.2, 0) is 10.0 Å². The number of aryl methyl sites for hydroxylation is 1. The average Bonchev–Trinajstić information content (AvgIpc) is 2.96. The van der Waals surface area contributed by atoms with E-state index in [1.165, 1.54) is 18.2 Å². The van der Waals surface area contributed by atoms with E-state index in [2.05, 4.69) is 4.72 Å². The molecule has 2 N–H and O–H groups in total. The largest absolute Gasteiger partial charge is 0.478 e. The van der Waals surface area contributed by atoms with E-state index in [1.807, 2.05) is 24.3 Å². The molecule has 1 aromatic heterocycles. The molecule has 0 saturated heterocycles. The van der Waals surface area contributed by atoms with Gasteiger partial charge in [-0.3, -0.25) is 4.72 Å². The topological polar surface area (TPSA) is 96.6 Å². The van der Waals surface area contributed by atoms with E-state index >= 15 is 0 Å². The van der Waals surface area contributed by atoms with Crippen LogP contribution in [0.4, 0.5) is 5.69 Å². The molecule has 0 saturated carbocycles. The van der Waals surface area contributed by atoms with Crippen molar-refractivity contribution in [1.29, 1.82) is 0 Å². The highest BCUT2D eigenvalue weighted by Crippen LogP contribution is 2.29. The first kappa shape index (κ1) is 17.1. The lowest BCUT2D eigenvalue weighted by Gasteiger charge is -2.09. The maximum Gasteiger partial charge on any atom is 0.339 e. The lowest BCUT2D eigenvalue weighted by atomic mass is 10.1. The van der Waals surface area contributed by atoms with Gasteiger partial charge in [0, 0.05) is 11.1 Å². The van der Waals surface area contributed by atoms with Gasteiger partial charge in [-0.25, -0.2) is 13.2 Å². The van der Waals surface area contributed by atoms with Crippen LogP contribution in [0.1, 0.15) is 16.1 Å². The number of rotatable bonds is 4. The molecule has 3 aromatic carbocycles. The standard InChI is InChI=1S/C20H15NO5S/c1-12-19(20(22)23)17-11-15(7-9-18(17)26-12)21-27(24,25)16-8-6-13-4-2-3-5-14(13)10-16/h2-11,21H,1H3,(H,22,23). The molecule has 27 heavy (non-hydrogen) atoms. The van der Waals surface area contributed by atoms with Crippen LogP contribution in [0.15, 0.2) is 70.0 Å². The third-order valence-corrected chi connectivity index (χ3v) is 5.74. The van der Waals surface area contributed by atoms with Gasteiger partial charge in [-0.2, -0.15) is 0 Å². The second-order valence-electron chi connectivity index (χ2n) is 6.16. The van der Waals surface area contributed by atoms with Crippen molar-refractivity contribution in [2.45, 2.75) is 11.8 Å². The van der Waals surface area contributed by atoms with Crippen molar-refractivity contribution in [3.05, 3.63) is 72.0 Å². The summed E-state index contributed by atoms with van der Waals surface area (Å²) in [6.07, 6.45) is 0. The molecule has 136 valence electrons. The van der Waals surface area contributed by atoms with Crippen molar-refractivity contribution >= 4 is 43.4 Å². The third-order valence-electron chi connectivity index (χ3n) is 4.36. The number of hydrogen-bond donors (Lipinski definition) is 2. The Labute approximate surface area is 155 Å². The van der Waals surface area contributed by atoms with Crippen molar-refractivity contribution in [2.24, 2.45) is 0 Å². The summed E-state index contributed by atoms with van der Waals surface area (Å²) in [5.41, 5.74) is 0.675. The first-order valence-electron chi connectivity index (χ1n) is 8.13. The van der Waals surface area contributed by atoms with Gasteiger partial charge in [-0.15, -0.1) is 0 Å². The van der Waals surface area contributed by atoms with Crippen molar-refractivity contribution in [3.63, 3.8) is 0 Å². The summed E-state index contributed by atoms with van der Waals surface area (Å²) in [5.74, 6) is -0.854. The molecule has 4 aromatic rings. The van der Waals surface area contributed by atoms with Crippen LogP contribution in [0, 0.1) is 6.92 Å². The Bertz CT molecular complexity index is 1300. The van der Waals surface area contributed by atoms with E-state index in [9.17, 15) is 18.3 Å². The summed E-state index contributed by atoms with van der Waals surface area (Å²) in [7, 11) is -3.83. The van der Waals surface area contributed by atoms with Crippen molar-refractivity contribution in [1.82, 2.24) is 0 Å². The molecule has 0 aliphatic carbocycles. The summed E-state index contributed by atoms with van der Waals surface area (Å²) in [5, 5.41) is 11.5. The average molecular weight is 381 g/mol. The minimum atomic E-state index is -3.83. The second kappa shape index (κ2) is 6.14. The monoisotopic (exact) mass is 381 g/mol. The minimum Gasteiger partial charge on any atom is -0.478 e. The Hall–Kier alpha value is -3.32. The zero-order valence-corrected chi connectivity index (χ0v) is 15.1. The van der Waals surface area contributed by atoms with E-state index in [0.29, 0.717) is 11.0 Å². The number of sulfonamides is 1. The van der Waals surface area contributed by atoms with E-state index in [0.717, 1.165) is 10.8 Å². The van der Waals surface area contributed by atoms with Crippen LogP contribution < -0.4 is 4.72 Å². The number of hydrogen-bond acceptors (Lipinski definition) is 4. The maximum atomic E-state index is 12.8. The number of fused-ring (bicyclic) bond motifs is 2.